The van der Waals surface area contributed by atoms with E-state index in [-0.39, 0.29) is 11.8 Å². The van der Waals surface area contributed by atoms with Crippen molar-refractivity contribution in [3.63, 3.8) is 0 Å². The lowest BCUT2D eigenvalue weighted by molar-refractivity contribution is -0.273. The largest absolute Gasteiger partial charge is 0.463 e. The second-order valence-corrected chi connectivity index (χ2v) is 6.09. The van der Waals surface area contributed by atoms with Gasteiger partial charge in [0.25, 0.3) is 0 Å². The van der Waals surface area contributed by atoms with Crippen LogP contribution in [0.1, 0.15) is 44.1 Å². The van der Waals surface area contributed by atoms with Gasteiger partial charge in [-0.3, -0.25) is 4.79 Å². The molecular formula is C15H20F3NO3. The maximum atomic E-state index is 13.2. The van der Waals surface area contributed by atoms with E-state index in [2.05, 4.69) is 5.32 Å². The molecule has 1 aromatic heterocycles. The highest BCUT2D eigenvalue weighted by atomic mass is 19.4. The van der Waals surface area contributed by atoms with Crippen LogP contribution in [0, 0.1) is 12.8 Å². The van der Waals surface area contributed by atoms with E-state index in [4.69, 9.17) is 4.42 Å². The predicted molar refractivity (Wildman–Crippen MR) is 73.0 cm³/mol. The Labute approximate surface area is 126 Å². The molecule has 1 fully saturated rings. The number of aryl methyl sites for hydroxylation is 1. The summed E-state index contributed by atoms with van der Waals surface area (Å²) < 4.78 is 44.6. The quantitative estimate of drug-likeness (QED) is 0.847. The molecule has 0 aromatic carbocycles. The van der Waals surface area contributed by atoms with Gasteiger partial charge >= 0.3 is 6.18 Å². The maximum absolute atomic E-state index is 13.2. The lowest BCUT2D eigenvalue weighted by atomic mass is 9.95. The number of carbonyl (C=O) groups is 1. The minimum Gasteiger partial charge on any atom is -0.463 e. The molecule has 0 spiro atoms. The van der Waals surface area contributed by atoms with Gasteiger partial charge in [-0.15, -0.1) is 0 Å². The van der Waals surface area contributed by atoms with E-state index in [9.17, 15) is 23.1 Å². The van der Waals surface area contributed by atoms with E-state index < -0.39 is 29.9 Å². The van der Waals surface area contributed by atoms with E-state index in [0.717, 1.165) is 25.3 Å². The Morgan fingerprint density at radius 1 is 1.45 bits per heavy atom. The molecule has 1 amide bonds. The summed E-state index contributed by atoms with van der Waals surface area (Å²) in [5.74, 6) is -0.728. The van der Waals surface area contributed by atoms with Crippen molar-refractivity contribution >= 4 is 5.91 Å². The van der Waals surface area contributed by atoms with E-state index in [1.54, 1.807) is 6.92 Å². The fourth-order valence-corrected chi connectivity index (χ4v) is 2.45. The number of furan rings is 1. The van der Waals surface area contributed by atoms with Crippen LogP contribution in [0.5, 0.6) is 0 Å². The number of hydrogen-bond donors (Lipinski definition) is 2. The summed E-state index contributed by atoms with van der Waals surface area (Å²) in [6.45, 7) is 3.22. The molecule has 2 unspecified atom stereocenters. The molecule has 1 aliphatic rings. The highest BCUT2D eigenvalue weighted by Crippen LogP contribution is 2.42. The molecule has 2 N–H and O–H groups in total. The molecule has 4 nitrogen and oxygen atoms in total. The maximum Gasteiger partial charge on any atom is 0.425 e. The van der Waals surface area contributed by atoms with Crippen LogP contribution in [0.3, 0.4) is 0 Å². The highest BCUT2D eigenvalue weighted by molar-refractivity contribution is 5.77. The molecule has 7 heteroatoms. The van der Waals surface area contributed by atoms with Crippen LogP contribution in [0.25, 0.3) is 0 Å². The van der Waals surface area contributed by atoms with Crippen LogP contribution in [-0.4, -0.2) is 23.2 Å². The van der Waals surface area contributed by atoms with Crippen LogP contribution in [0.4, 0.5) is 13.2 Å². The molecule has 0 aliphatic heterocycles. The first-order valence-corrected chi connectivity index (χ1v) is 7.27. The summed E-state index contributed by atoms with van der Waals surface area (Å²) >= 11 is 0. The number of amides is 1. The zero-order valence-corrected chi connectivity index (χ0v) is 12.5. The SMILES string of the molecule is Cc1ccc(C(O)(CC(=O)NC(C)CC2CC2)C(F)(F)F)o1. The van der Waals surface area contributed by atoms with Gasteiger partial charge < -0.3 is 14.8 Å². The highest BCUT2D eigenvalue weighted by Gasteiger charge is 2.58. The molecule has 1 aliphatic carbocycles. The molecule has 2 atom stereocenters. The number of hydrogen-bond acceptors (Lipinski definition) is 3. The number of rotatable bonds is 6. The van der Waals surface area contributed by atoms with Crippen LogP contribution in [0.2, 0.25) is 0 Å². The van der Waals surface area contributed by atoms with Gasteiger partial charge in [0.1, 0.15) is 11.5 Å². The summed E-state index contributed by atoms with van der Waals surface area (Å²) in [4.78, 5) is 11.9. The molecule has 0 radical (unpaired) electrons. The topological polar surface area (TPSA) is 62.5 Å². The fourth-order valence-electron chi connectivity index (χ4n) is 2.45. The third kappa shape index (κ3) is 3.82. The normalized spacial score (nSPS) is 19.5. The van der Waals surface area contributed by atoms with E-state index in [1.165, 1.54) is 13.0 Å². The minimum absolute atomic E-state index is 0.212. The Morgan fingerprint density at radius 2 is 2.09 bits per heavy atom. The van der Waals surface area contributed by atoms with Crippen molar-refractivity contribution in [3.8, 4) is 0 Å². The van der Waals surface area contributed by atoms with Crippen molar-refractivity contribution in [1.82, 2.24) is 5.32 Å². The van der Waals surface area contributed by atoms with Gasteiger partial charge in [-0.1, -0.05) is 12.8 Å². The zero-order valence-electron chi connectivity index (χ0n) is 12.5. The number of halogens is 3. The van der Waals surface area contributed by atoms with Crippen molar-refractivity contribution in [2.45, 2.75) is 57.3 Å². The van der Waals surface area contributed by atoms with E-state index >= 15 is 0 Å². The van der Waals surface area contributed by atoms with Gasteiger partial charge in [0, 0.05) is 6.04 Å². The second-order valence-electron chi connectivity index (χ2n) is 6.09. The van der Waals surface area contributed by atoms with Crippen LogP contribution < -0.4 is 5.32 Å². The molecule has 1 saturated carbocycles. The van der Waals surface area contributed by atoms with Crippen molar-refractivity contribution in [1.29, 1.82) is 0 Å². The van der Waals surface area contributed by atoms with Gasteiger partial charge in [0.2, 0.25) is 11.5 Å². The molecule has 0 saturated heterocycles. The molecular weight excluding hydrogens is 299 g/mol. The van der Waals surface area contributed by atoms with Gasteiger partial charge in [-0.05, 0) is 38.3 Å². The van der Waals surface area contributed by atoms with E-state index in [1.807, 2.05) is 0 Å². The number of nitrogens with one attached hydrogen (secondary N) is 1. The van der Waals surface area contributed by atoms with Crippen LogP contribution in [0.15, 0.2) is 16.5 Å². The summed E-state index contributed by atoms with van der Waals surface area (Å²) in [5.41, 5.74) is -3.31. The Bertz CT molecular complexity index is 536. The molecule has 2 rings (SSSR count). The summed E-state index contributed by atoms with van der Waals surface area (Å²) in [5, 5.41) is 12.5. The van der Waals surface area contributed by atoms with Crippen molar-refractivity contribution in [2.75, 3.05) is 0 Å². The van der Waals surface area contributed by atoms with Gasteiger partial charge in [0.15, 0.2) is 0 Å². The Hall–Kier alpha value is -1.50. The smallest absolute Gasteiger partial charge is 0.425 e. The average Bonchev–Trinajstić information content (AvgIpc) is 3.05. The average molecular weight is 319 g/mol. The minimum atomic E-state index is -5.01. The first-order chi connectivity index (χ1) is 10.1. The first-order valence-electron chi connectivity index (χ1n) is 7.27. The second kappa shape index (κ2) is 5.95. The summed E-state index contributed by atoms with van der Waals surface area (Å²) in [6, 6.07) is 2.15. The van der Waals surface area contributed by atoms with Crippen molar-refractivity contribution in [3.05, 3.63) is 23.7 Å². The molecule has 1 heterocycles. The van der Waals surface area contributed by atoms with Crippen molar-refractivity contribution in [2.24, 2.45) is 5.92 Å². The van der Waals surface area contributed by atoms with Crippen LogP contribution in [-0.2, 0) is 10.4 Å². The lowest BCUT2D eigenvalue weighted by Gasteiger charge is -2.28. The molecule has 124 valence electrons. The van der Waals surface area contributed by atoms with E-state index in [0.29, 0.717) is 5.92 Å². The monoisotopic (exact) mass is 319 g/mol. The molecule has 0 bridgehead atoms. The molecule has 22 heavy (non-hydrogen) atoms. The Kier molecular flexibility index (Phi) is 4.56. The predicted octanol–water partition coefficient (Wildman–Crippen LogP) is 3.03. The van der Waals surface area contributed by atoms with Crippen molar-refractivity contribution < 1.29 is 27.5 Å². The summed E-state index contributed by atoms with van der Waals surface area (Å²) in [7, 11) is 0. The third-order valence-corrected chi connectivity index (χ3v) is 3.82. The third-order valence-electron chi connectivity index (χ3n) is 3.82. The summed E-state index contributed by atoms with van der Waals surface area (Å²) in [6.07, 6.45) is -3.18. The van der Waals surface area contributed by atoms with Gasteiger partial charge in [-0.25, -0.2) is 0 Å². The number of alkyl halides is 3. The fraction of sp³-hybridized carbons (Fsp3) is 0.667. The van der Waals surface area contributed by atoms with Crippen LogP contribution >= 0.6 is 0 Å². The Balaban J connectivity index is 2.07. The first kappa shape index (κ1) is 16.9. The Morgan fingerprint density at radius 3 is 2.55 bits per heavy atom. The van der Waals surface area contributed by atoms with Gasteiger partial charge in [0.05, 0.1) is 6.42 Å². The standard InChI is InChI=1S/C15H20F3NO3/c1-9(7-11-4-5-11)19-13(20)8-14(21,15(16,17)18)12-6-3-10(2)22-12/h3,6,9,11,21H,4-5,7-8H2,1-2H3,(H,19,20). The van der Waals surface area contributed by atoms with Gasteiger partial charge in [-0.2, -0.15) is 13.2 Å². The number of carbonyl (C=O) groups excluding carboxylic acids is 1. The molecule has 1 aromatic rings. The zero-order chi connectivity index (χ0) is 16.5. The lowest BCUT2D eigenvalue weighted by Crippen LogP contribution is -2.47. The number of aliphatic hydroxyl groups is 1.